The van der Waals surface area contributed by atoms with Gasteiger partial charge in [0.15, 0.2) is 0 Å². The fourth-order valence-electron chi connectivity index (χ4n) is 2.98. The van der Waals surface area contributed by atoms with Gasteiger partial charge in [0.05, 0.1) is 16.1 Å². The zero-order valence-corrected chi connectivity index (χ0v) is 14.2. The number of benzene rings is 1. The van der Waals surface area contributed by atoms with Crippen molar-refractivity contribution in [3.05, 3.63) is 33.8 Å². The van der Waals surface area contributed by atoms with Gasteiger partial charge >= 0.3 is 0 Å². The maximum atomic E-state index is 10.3. The van der Waals surface area contributed by atoms with Crippen molar-refractivity contribution in [1.82, 2.24) is 9.80 Å². The predicted molar refractivity (Wildman–Crippen MR) is 89.2 cm³/mol. The molecule has 0 amide bonds. The third-order valence-corrected chi connectivity index (χ3v) is 5.15. The molecular formula is C16H24Cl2N2O. The molecule has 118 valence electrons. The molecule has 0 aliphatic carbocycles. The second-order valence-corrected chi connectivity index (χ2v) is 6.51. The van der Waals surface area contributed by atoms with E-state index >= 15 is 0 Å². The van der Waals surface area contributed by atoms with Gasteiger partial charge in [0.25, 0.3) is 0 Å². The van der Waals surface area contributed by atoms with Crippen LogP contribution in [0.2, 0.25) is 10.0 Å². The first-order valence-corrected chi connectivity index (χ1v) is 8.37. The summed E-state index contributed by atoms with van der Waals surface area (Å²) in [4.78, 5) is 4.90. The first-order valence-electron chi connectivity index (χ1n) is 7.61. The zero-order valence-electron chi connectivity index (χ0n) is 12.7. The lowest BCUT2D eigenvalue weighted by molar-refractivity contribution is 0.0719. The summed E-state index contributed by atoms with van der Waals surface area (Å²) < 4.78 is 0. The SMILES string of the molecule is CCN1CCN(CCC(O)c2cccc(Cl)c2Cl)CC1C. The van der Waals surface area contributed by atoms with Crippen LogP contribution in [0.5, 0.6) is 0 Å². The molecule has 0 saturated carbocycles. The van der Waals surface area contributed by atoms with Crippen LogP contribution in [0.4, 0.5) is 0 Å². The molecule has 0 aromatic heterocycles. The van der Waals surface area contributed by atoms with Crippen molar-refractivity contribution >= 4 is 23.2 Å². The number of piperazine rings is 1. The van der Waals surface area contributed by atoms with Crippen LogP contribution >= 0.6 is 23.2 Å². The van der Waals surface area contributed by atoms with Gasteiger partial charge in [-0.1, -0.05) is 42.3 Å². The topological polar surface area (TPSA) is 26.7 Å². The van der Waals surface area contributed by atoms with E-state index in [9.17, 15) is 5.11 Å². The van der Waals surface area contributed by atoms with Crippen molar-refractivity contribution in [2.45, 2.75) is 32.4 Å². The highest BCUT2D eigenvalue weighted by Gasteiger charge is 2.23. The van der Waals surface area contributed by atoms with E-state index in [2.05, 4.69) is 23.6 Å². The molecule has 1 saturated heterocycles. The van der Waals surface area contributed by atoms with Gasteiger partial charge in [-0.25, -0.2) is 0 Å². The zero-order chi connectivity index (χ0) is 15.4. The van der Waals surface area contributed by atoms with Crippen LogP contribution in [-0.4, -0.2) is 53.7 Å². The summed E-state index contributed by atoms with van der Waals surface area (Å²) in [5.74, 6) is 0. The first-order chi connectivity index (χ1) is 10.0. The highest BCUT2D eigenvalue weighted by atomic mass is 35.5. The highest BCUT2D eigenvalue weighted by Crippen LogP contribution is 2.31. The number of aliphatic hydroxyl groups excluding tert-OH is 1. The Hall–Kier alpha value is -0.320. The number of likely N-dealkylation sites (N-methyl/N-ethyl adjacent to an activating group) is 1. The van der Waals surface area contributed by atoms with E-state index in [1.54, 1.807) is 6.07 Å². The molecule has 1 heterocycles. The van der Waals surface area contributed by atoms with Gasteiger partial charge < -0.3 is 10.0 Å². The van der Waals surface area contributed by atoms with Crippen molar-refractivity contribution < 1.29 is 5.11 Å². The summed E-state index contributed by atoms with van der Waals surface area (Å²) in [6, 6.07) is 5.99. The molecular weight excluding hydrogens is 307 g/mol. The molecule has 1 aliphatic heterocycles. The van der Waals surface area contributed by atoms with Crippen molar-refractivity contribution in [2.24, 2.45) is 0 Å². The number of aliphatic hydroxyl groups is 1. The molecule has 2 atom stereocenters. The Morgan fingerprint density at radius 1 is 1.33 bits per heavy atom. The molecule has 21 heavy (non-hydrogen) atoms. The predicted octanol–water partition coefficient (Wildman–Crippen LogP) is 3.44. The van der Waals surface area contributed by atoms with Gasteiger partial charge in [-0.3, -0.25) is 4.90 Å². The van der Waals surface area contributed by atoms with E-state index in [0.717, 1.165) is 38.3 Å². The first kappa shape index (κ1) is 17.0. The Labute approximate surface area is 137 Å². The average Bonchev–Trinajstić information content (AvgIpc) is 2.47. The van der Waals surface area contributed by atoms with E-state index in [0.29, 0.717) is 22.5 Å². The summed E-state index contributed by atoms with van der Waals surface area (Å²) in [7, 11) is 0. The van der Waals surface area contributed by atoms with Gasteiger partial charge in [-0.2, -0.15) is 0 Å². The van der Waals surface area contributed by atoms with E-state index in [1.165, 1.54) is 0 Å². The Bertz CT molecular complexity index is 470. The maximum Gasteiger partial charge on any atom is 0.0817 e. The molecule has 1 aromatic rings. The van der Waals surface area contributed by atoms with Crippen molar-refractivity contribution in [2.75, 3.05) is 32.7 Å². The third-order valence-electron chi connectivity index (χ3n) is 4.31. The smallest absolute Gasteiger partial charge is 0.0817 e. The Balaban J connectivity index is 1.87. The number of nitrogens with zero attached hydrogens (tertiary/aromatic N) is 2. The van der Waals surface area contributed by atoms with Gasteiger partial charge in [0.1, 0.15) is 0 Å². The minimum absolute atomic E-state index is 0.468. The number of hydrogen-bond donors (Lipinski definition) is 1. The Morgan fingerprint density at radius 3 is 2.76 bits per heavy atom. The van der Waals surface area contributed by atoms with E-state index in [1.807, 2.05) is 12.1 Å². The van der Waals surface area contributed by atoms with Crippen LogP contribution in [0.3, 0.4) is 0 Å². The van der Waals surface area contributed by atoms with E-state index < -0.39 is 6.10 Å². The summed E-state index contributed by atoms with van der Waals surface area (Å²) in [6.07, 6.45) is 0.120. The Morgan fingerprint density at radius 2 is 2.10 bits per heavy atom. The van der Waals surface area contributed by atoms with Gasteiger partial charge in [0.2, 0.25) is 0 Å². The minimum atomic E-state index is -0.560. The molecule has 2 rings (SSSR count). The average molecular weight is 331 g/mol. The second kappa shape index (κ2) is 7.80. The van der Waals surface area contributed by atoms with Gasteiger partial charge in [0, 0.05) is 37.8 Å². The van der Waals surface area contributed by atoms with Crippen LogP contribution in [0, 0.1) is 0 Å². The summed E-state index contributed by atoms with van der Waals surface area (Å²) in [5, 5.41) is 11.3. The lowest BCUT2D eigenvalue weighted by atomic mass is 10.1. The number of hydrogen-bond acceptors (Lipinski definition) is 3. The largest absolute Gasteiger partial charge is 0.388 e. The fourth-order valence-corrected chi connectivity index (χ4v) is 3.42. The van der Waals surface area contributed by atoms with Crippen LogP contribution in [-0.2, 0) is 0 Å². The monoisotopic (exact) mass is 330 g/mol. The van der Waals surface area contributed by atoms with Crippen molar-refractivity contribution in [3.63, 3.8) is 0 Å². The molecule has 1 N–H and O–H groups in total. The van der Waals surface area contributed by atoms with E-state index in [-0.39, 0.29) is 0 Å². The molecule has 1 aliphatic rings. The molecule has 0 radical (unpaired) electrons. The van der Waals surface area contributed by atoms with Crippen molar-refractivity contribution in [1.29, 1.82) is 0 Å². The maximum absolute atomic E-state index is 10.3. The fraction of sp³-hybridized carbons (Fsp3) is 0.625. The molecule has 1 fully saturated rings. The summed E-state index contributed by atoms with van der Waals surface area (Å²) >= 11 is 12.2. The minimum Gasteiger partial charge on any atom is -0.388 e. The molecule has 0 bridgehead atoms. The molecule has 0 spiro atoms. The van der Waals surface area contributed by atoms with Crippen molar-refractivity contribution in [3.8, 4) is 0 Å². The molecule has 3 nitrogen and oxygen atoms in total. The third kappa shape index (κ3) is 4.33. The number of halogens is 2. The second-order valence-electron chi connectivity index (χ2n) is 5.73. The number of rotatable bonds is 5. The lowest BCUT2D eigenvalue weighted by Crippen LogP contribution is -2.51. The summed E-state index contributed by atoms with van der Waals surface area (Å²) in [6.45, 7) is 9.68. The highest BCUT2D eigenvalue weighted by molar-refractivity contribution is 6.42. The van der Waals surface area contributed by atoms with Crippen LogP contribution in [0.25, 0.3) is 0 Å². The van der Waals surface area contributed by atoms with Crippen LogP contribution in [0.1, 0.15) is 31.9 Å². The van der Waals surface area contributed by atoms with E-state index in [4.69, 9.17) is 23.2 Å². The normalized spacial score (nSPS) is 22.4. The standard InChI is InChI=1S/C16H24Cl2N2O/c1-3-20-10-9-19(11-12(20)2)8-7-15(21)13-5-4-6-14(17)16(13)18/h4-6,12,15,21H,3,7-11H2,1-2H3. The lowest BCUT2D eigenvalue weighted by Gasteiger charge is -2.39. The quantitative estimate of drug-likeness (QED) is 0.895. The van der Waals surface area contributed by atoms with Gasteiger partial charge in [-0.05, 0) is 26.0 Å². The summed E-state index contributed by atoms with van der Waals surface area (Å²) in [5.41, 5.74) is 0.726. The molecule has 5 heteroatoms. The van der Waals surface area contributed by atoms with Gasteiger partial charge in [-0.15, -0.1) is 0 Å². The van der Waals surface area contributed by atoms with Crippen LogP contribution in [0.15, 0.2) is 18.2 Å². The van der Waals surface area contributed by atoms with Crippen LogP contribution < -0.4 is 0 Å². The Kier molecular flexibility index (Phi) is 6.33. The molecule has 1 aromatic carbocycles. The molecule has 2 unspecified atom stereocenters.